The van der Waals surface area contributed by atoms with Gasteiger partial charge in [0, 0.05) is 31.5 Å². The van der Waals surface area contributed by atoms with E-state index in [-0.39, 0.29) is 17.5 Å². The van der Waals surface area contributed by atoms with Crippen molar-refractivity contribution in [1.82, 2.24) is 15.3 Å². The van der Waals surface area contributed by atoms with Gasteiger partial charge in [-0.15, -0.1) is 0 Å². The summed E-state index contributed by atoms with van der Waals surface area (Å²) in [5, 5.41) is 5.20. The van der Waals surface area contributed by atoms with Gasteiger partial charge in [0.15, 0.2) is 0 Å². The van der Waals surface area contributed by atoms with Gasteiger partial charge in [-0.3, -0.25) is 10.1 Å². The fraction of sp³-hybridized carbons (Fsp3) is 0.615. The number of urea groups is 1. The molecule has 0 fully saturated rings. The monoisotopic (exact) mass is 282 g/mol. The van der Waals surface area contributed by atoms with Gasteiger partial charge in [0.05, 0.1) is 0 Å². The highest BCUT2D eigenvalue weighted by atomic mass is 16.5. The number of unbranched alkanes of at least 4 members (excludes halogenated alkanes) is 2. The van der Waals surface area contributed by atoms with Crippen LogP contribution in [0.3, 0.4) is 0 Å². The molecule has 0 bridgehead atoms. The number of amides is 2. The molecule has 1 rings (SSSR count). The number of ether oxygens (including phenoxy) is 1. The molecule has 0 aliphatic heterocycles. The molecule has 0 spiro atoms. The second-order valence-corrected chi connectivity index (χ2v) is 4.39. The zero-order valence-corrected chi connectivity index (χ0v) is 12.0. The minimum atomic E-state index is -0.382. The van der Waals surface area contributed by atoms with Gasteiger partial charge in [0.25, 0.3) is 5.56 Å². The third-order valence-corrected chi connectivity index (χ3v) is 2.56. The lowest BCUT2D eigenvalue weighted by Gasteiger charge is -2.07. The van der Waals surface area contributed by atoms with Crippen LogP contribution in [0.1, 0.15) is 31.9 Å². The maximum Gasteiger partial charge on any atom is 0.321 e. The number of carbonyl (C=O) groups is 1. The van der Waals surface area contributed by atoms with Gasteiger partial charge >= 0.3 is 6.03 Å². The van der Waals surface area contributed by atoms with Crippen molar-refractivity contribution < 1.29 is 9.53 Å². The molecule has 1 heterocycles. The molecule has 0 saturated carbocycles. The summed E-state index contributed by atoms with van der Waals surface area (Å²) in [5.74, 6) is 0.156. The number of nitrogens with zero attached hydrogens (tertiary/aromatic N) is 1. The van der Waals surface area contributed by atoms with E-state index in [9.17, 15) is 9.59 Å². The van der Waals surface area contributed by atoms with E-state index in [4.69, 9.17) is 4.74 Å². The predicted molar refractivity (Wildman–Crippen MR) is 77.0 cm³/mol. The predicted octanol–water partition coefficient (Wildman–Crippen LogP) is 1.41. The van der Waals surface area contributed by atoms with Crippen LogP contribution < -0.4 is 16.2 Å². The third kappa shape index (κ3) is 6.89. The first-order valence-electron chi connectivity index (χ1n) is 6.82. The highest BCUT2D eigenvalue weighted by molar-refractivity contribution is 5.87. The van der Waals surface area contributed by atoms with Crippen molar-refractivity contribution in [1.29, 1.82) is 0 Å². The SMILES string of the molecule is CCOCCCCCNC(=O)Nc1nc(=O)cc(C)[nH]1. The Bertz CT molecular complexity index is 473. The molecule has 7 nitrogen and oxygen atoms in total. The van der Waals surface area contributed by atoms with E-state index in [0.717, 1.165) is 32.5 Å². The van der Waals surface area contributed by atoms with Gasteiger partial charge in [0.2, 0.25) is 5.95 Å². The Labute approximate surface area is 118 Å². The van der Waals surface area contributed by atoms with E-state index in [0.29, 0.717) is 12.2 Å². The number of aryl methyl sites for hydroxylation is 1. The molecule has 2 amide bonds. The molecule has 0 aliphatic carbocycles. The van der Waals surface area contributed by atoms with E-state index >= 15 is 0 Å². The van der Waals surface area contributed by atoms with Gasteiger partial charge < -0.3 is 15.0 Å². The Morgan fingerprint density at radius 2 is 2.20 bits per heavy atom. The van der Waals surface area contributed by atoms with E-state index in [2.05, 4.69) is 20.6 Å². The van der Waals surface area contributed by atoms with E-state index in [1.807, 2.05) is 6.92 Å². The van der Waals surface area contributed by atoms with Crippen molar-refractivity contribution >= 4 is 12.0 Å². The summed E-state index contributed by atoms with van der Waals surface area (Å²) >= 11 is 0. The van der Waals surface area contributed by atoms with E-state index < -0.39 is 0 Å². The minimum Gasteiger partial charge on any atom is -0.382 e. The highest BCUT2D eigenvalue weighted by Gasteiger charge is 2.03. The van der Waals surface area contributed by atoms with Gasteiger partial charge in [-0.1, -0.05) is 0 Å². The number of hydrogen-bond donors (Lipinski definition) is 3. The highest BCUT2D eigenvalue weighted by Crippen LogP contribution is 1.97. The summed E-state index contributed by atoms with van der Waals surface area (Å²) in [5.41, 5.74) is 0.267. The summed E-state index contributed by atoms with van der Waals surface area (Å²) in [7, 11) is 0. The first-order chi connectivity index (χ1) is 9.61. The number of hydrogen-bond acceptors (Lipinski definition) is 4. The fourth-order valence-corrected chi connectivity index (χ4v) is 1.64. The number of aromatic amines is 1. The van der Waals surface area contributed by atoms with Crippen LogP contribution in [-0.4, -0.2) is 35.8 Å². The normalized spacial score (nSPS) is 10.3. The van der Waals surface area contributed by atoms with Crippen LogP contribution in [-0.2, 0) is 4.74 Å². The maximum absolute atomic E-state index is 11.6. The zero-order chi connectivity index (χ0) is 14.8. The lowest BCUT2D eigenvalue weighted by molar-refractivity contribution is 0.143. The summed E-state index contributed by atoms with van der Waals surface area (Å²) in [4.78, 5) is 29.2. The molecular weight excluding hydrogens is 260 g/mol. The third-order valence-electron chi connectivity index (χ3n) is 2.56. The summed E-state index contributed by atoms with van der Waals surface area (Å²) in [6.07, 6.45) is 2.88. The lowest BCUT2D eigenvalue weighted by atomic mass is 10.2. The Morgan fingerprint density at radius 1 is 1.40 bits per heavy atom. The van der Waals surface area contributed by atoms with Crippen LogP contribution in [0.5, 0.6) is 0 Å². The second kappa shape index (κ2) is 9.08. The van der Waals surface area contributed by atoms with Crippen molar-refractivity contribution in [2.75, 3.05) is 25.1 Å². The summed E-state index contributed by atoms with van der Waals surface area (Å²) < 4.78 is 5.22. The molecule has 0 aliphatic rings. The quantitative estimate of drug-likeness (QED) is 0.628. The molecule has 0 saturated heterocycles. The number of carbonyl (C=O) groups excluding carboxylic acids is 1. The second-order valence-electron chi connectivity index (χ2n) is 4.39. The van der Waals surface area contributed by atoms with Crippen molar-refractivity contribution in [2.24, 2.45) is 0 Å². The largest absolute Gasteiger partial charge is 0.382 e. The van der Waals surface area contributed by atoms with Gasteiger partial charge in [0.1, 0.15) is 0 Å². The average Bonchev–Trinajstić information content (AvgIpc) is 2.36. The van der Waals surface area contributed by atoms with Crippen molar-refractivity contribution in [2.45, 2.75) is 33.1 Å². The topological polar surface area (TPSA) is 96.1 Å². The molecular formula is C13H22N4O3. The van der Waals surface area contributed by atoms with Crippen LogP contribution >= 0.6 is 0 Å². The number of rotatable bonds is 8. The molecule has 1 aromatic rings. The summed E-state index contributed by atoms with van der Waals surface area (Å²) in [6.45, 7) is 5.77. The summed E-state index contributed by atoms with van der Waals surface area (Å²) in [6, 6.07) is 0.991. The van der Waals surface area contributed by atoms with E-state index in [1.165, 1.54) is 6.07 Å². The number of aromatic nitrogens is 2. The molecule has 112 valence electrons. The fourth-order valence-electron chi connectivity index (χ4n) is 1.64. The van der Waals surface area contributed by atoms with Crippen LogP contribution in [0.4, 0.5) is 10.7 Å². The first kappa shape index (κ1) is 16.2. The molecule has 7 heteroatoms. The Balaban J connectivity index is 2.18. The molecule has 3 N–H and O–H groups in total. The molecule has 0 atom stereocenters. The van der Waals surface area contributed by atoms with Crippen molar-refractivity contribution in [3.63, 3.8) is 0 Å². The molecule has 0 radical (unpaired) electrons. The van der Waals surface area contributed by atoms with Crippen LogP contribution in [0.15, 0.2) is 10.9 Å². The smallest absolute Gasteiger partial charge is 0.321 e. The Kier molecular flexibility index (Phi) is 7.34. The molecule has 0 unspecified atom stereocenters. The van der Waals surface area contributed by atoms with Crippen LogP contribution in [0.25, 0.3) is 0 Å². The Hall–Kier alpha value is -1.89. The zero-order valence-electron chi connectivity index (χ0n) is 12.0. The van der Waals surface area contributed by atoms with Crippen LogP contribution in [0.2, 0.25) is 0 Å². The van der Waals surface area contributed by atoms with Gasteiger partial charge in [-0.05, 0) is 33.1 Å². The minimum absolute atomic E-state index is 0.156. The maximum atomic E-state index is 11.6. The number of anilines is 1. The number of nitrogens with one attached hydrogen (secondary N) is 3. The average molecular weight is 282 g/mol. The number of H-pyrrole nitrogens is 1. The van der Waals surface area contributed by atoms with Gasteiger partial charge in [-0.2, -0.15) is 4.98 Å². The standard InChI is InChI=1S/C13H22N4O3/c1-3-20-8-6-4-5-7-14-13(19)17-12-15-10(2)9-11(18)16-12/h9H,3-8H2,1-2H3,(H3,14,15,16,17,18,19). The van der Waals surface area contributed by atoms with Crippen molar-refractivity contribution in [3.05, 3.63) is 22.1 Å². The first-order valence-corrected chi connectivity index (χ1v) is 6.82. The molecule has 1 aromatic heterocycles. The van der Waals surface area contributed by atoms with E-state index in [1.54, 1.807) is 6.92 Å². The molecule has 0 aromatic carbocycles. The lowest BCUT2D eigenvalue weighted by Crippen LogP contribution is -2.31. The molecule has 20 heavy (non-hydrogen) atoms. The van der Waals surface area contributed by atoms with Crippen molar-refractivity contribution in [3.8, 4) is 0 Å². The van der Waals surface area contributed by atoms with Gasteiger partial charge in [-0.25, -0.2) is 4.79 Å². The van der Waals surface area contributed by atoms with Crippen LogP contribution in [0, 0.1) is 6.92 Å². The Morgan fingerprint density at radius 3 is 2.90 bits per heavy atom.